The maximum Gasteiger partial charge on any atom is 0.251 e. The highest BCUT2D eigenvalue weighted by atomic mass is 16.2. The maximum atomic E-state index is 12.6. The zero-order valence-corrected chi connectivity index (χ0v) is 18.6. The zero-order chi connectivity index (χ0) is 21.3. The molecule has 0 aromatic heterocycles. The van der Waals surface area contributed by atoms with Gasteiger partial charge in [0.25, 0.3) is 5.91 Å². The second-order valence-electron chi connectivity index (χ2n) is 8.23. The standard InChI is InChI=1S/C23H37N5O2/c1-3-5-10-24-23(30)20-6-8-21(9-7-20)27-15-13-26(14-16-27)19-22(29)28-17-11-25(4-2)12-18-28/h6-9H,3-5,10-19H2,1-2H3,(H,24,30). The van der Waals surface area contributed by atoms with Gasteiger partial charge in [-0.15, -0.1) is 0 Å². The van der Waals surface area contributed by atoms with E-state index in [-0.39, 0.29) is 11.8 Å². The summed E-state index contributed by atoms with van der Waals surface area (Å²) in [6, 6.07) is 7.87. The van der Waals surface area contributed by atoms with Crippen LogP contribution in [0.4, 0.5) is 5.69 Å². The zero-order valence-electron chi connectivity index (χ0n) is 18.6. The van der Waals surface area contributed by atoms with E-state index in [2.05, 4.69) is 33.9 Å². The summed E-state index contributed by atoms with van der Waals surface area (Å²) < 4.78 is 0. The Bertz CT molecular complexity index is 677. The molecule has 0 unspecified atom stereocenters. The first-order chi connectivity index (χ1) is 14.6. The number of amides is 2. The lowest BCUT2D eigenvalue weighted by Gasteiger charge is -2.38. The van der Waals surface area contributed by atoms with Gasteiger partial charge < -0.3 is 20.0 Å². The molecule has 7 nitrogen and oxygen atoms in total. The minimum Gasteiger partial charge on any atom is -0.369 e. The molecule has 3 rings (SSSR count). The number of likely N-dealkylation sites (N-methyl/N-ethyl adjacent to an activating group) is 1. The Morgan fingerprint density at radius 2 is 1.50 bits per heavy atom. The van der Waals surface area contributed by atoms with Crippen molar-refractivity contribution in [2.24, 2.45) is 0 Å². The summed E-state index contributed by atoms with van der Waals surface area (Å²) in [5.41, 5.74) is 1.85. The van der Waals surface area contributed by atoms with Crippen molar-refractivity contribution in [3.05, 3.63) is 29.8 Å². The summed E-state index contributed by atoms with van der Waals surface area (Å²) in [5.74, 6) is 0.260. The number of rotatable bonds is 8. The number of carbonyl (C=O) groups is 2. The Hall–Kier alpha value is -2.12. The van der Waals surface area contributed by atoms with Crippen molar-refractivity contribution < 1.29 is 9.59 Å². The molecular weight excluding hydrogens is 378 g/mol. The molecule has 0 radical (unpaired) electrons. The van der Waals surface area contributed by atoms with Gasteiger partial charge in [0.05, 0.1) is 6.54 Å². The Kier molecular flexibility index (Phi) is 8.51. The predicted octanol–water partition coefficient (Wildman–Crippen LogP) is 1.50. The smallest absolute Gasteiger partial charge is 0.251 e. The van der Waals surface area contributed by atoms with Gasteiger partial charge in [0.15, 0.2) is 0 Å². The lowest BCUT2D eigenvalue weighted by Crippen LogP contribution is -2.53. The first kappa shape index (κ1) is 22.6. The first-order valence-corrected chi connectivity index (χ1v) is 11.5. The minimum atomic E-state index is -0.00176. The topological polar surface area (TPSA) is 59.1 Å². The third kappa shape index (κ3) is 6.19. The summed E-state index contributed by atoms with van der Waals surface area (Å²) in [6.45, 7) is 13.9. The monoisotopic (exact) mass is 415 g/mol. The molecule has 1 N–H and O–H groups in total. The van der Waals surface area contributed by atoms with Crippen molar-refractivity contribution in [1.82, 2.24) is 20.0 Å². The Labute approximate surface area is 181 Å². The molecule has 1 aromatic rings. The molecule has 2 fully saturated rings. The van der Waals surface area contributed by atoms with Crippen LogP contribution < -0.4 is 10.2 Å². The van der Waals surface area contributed by atoms with Crippen LogP contribution in [0.2, 0.25) is 0 Å². The SMILES string of the molecule is CCCCNC(=O)c1ccc(N2CCN(CC(=O)N3CCN(CC)CC3)CC2)cc1. The number of nitrogens with zero attached hydrogens (tertiary/aromatic N) is 4. The van der Waals surface area contributed by atoms with E-state index in [1.807, 2.05) is 29.2 Å². The molecule has 2 amide bonds. The number of hydrogen-bond acceptors (Lipinski definition) is 5. The van der Waals surface area contributed by atoms with Crippen LogP contribution in [0.25, 0.3) is 0 Å². The molecule has 2 aliphatic heterocycles. The third-order valence-corrected chi connectivity index (χ3v) is 6.21. The van der Waals surface area contributed by atoms with Gasteiger partial charge in [-0.2, -0.15) is 0 Å². The second kappa shape index (κ2) is 11.3. The molecule has 1 aromatic carbocycles. The van der Waals surface area contributed by atoms with Gasteiger partial charge in [0, 0.05) is 70.2 Å². The number of unbranched alkanes of at least 4 members (excludes halogenated alkanes) is 1. The molecule has 7 heteroatoms. The number of benzene rings is 1. The molecule has 2 heterocycles. The number of carbonyl (C=O) groups excluding carboxylic acids is 2. The van der Waals surface area contributed by atoms with E-state index >= 15 is 0 Å². The van der Waals surface area contributed by atoms with Crippen LogP contribution in [0.3, 0.4) is 0 Å². The normalized spacial score (nSPS) is 18.5. The summed E-state index contributed by atoms with van der Waals surface area (Å²) >= 11 is 0. The Morgan fingerprint density at radius 3 is 2.10 bits per heavy atom. The predicted molar refractivity (Wildman–Crippen MR) is 121 cm³/mol. The van der Waals surface area contributed by atoms with Crippen LogP contribution in [-0.4, -0.2) is 98.5 Å². The van der Waals surface area contributed by atoms with Crippen LogP contribution in [0.1, 0.15) is 37.0 Å². The Balaban J connectivity index is 1.42. The van der Waals surface area contributed by atoms with Gasteiger partial charge >= 0.3 is 0 Å². The van der Waals surface area contributed by atoms with Crippen LogP contribution in [0.5, 0.6) is 0 Å². The van der Waals surface area contributed by atoms with E-state index < -0.39 is 0 Å². The molecule has 0 saturated carbocycles. The lowest BCUT2D eigenvalue weighted by molar-refractivity contribution is -0.134. The summed E-state index contributed by atoms with van der Waals surface area (Å²) in [6.07, 6.45) is 2.08. The van der Waals surface area contributed by atoms with Gasteiger partial charge in [-0.3, -0.25) is 14.5 Å². The van der Waals surface area contributed by atoms with Crippen molar-refractivity contribution in [2.75, 3.05) is 76.9 Å². The van der Waals surface area contributed by atoms with Crippen LogP contribution in [0, 0.1) is 0 Å². The molecular formula is C23H37N5O2. The highest BCUT2D eigenvalue weighted by molar-refractivity contribution is 5.94. The van der Waals surface area contributed by atoms with Gasteiger partial charge in [0.2, 0.25) is 5.91 Å². The van der Waals surface area contributed by atoms with Crippen LogP contribution >= 0.6 is 0 Å². The largest absolute Gasteiger partial charge is 0.369 e. The fourth-order valence-corrected chi connectivity index (χ4v) is 4.07. The molecule has 2 saturated heterocycles. The molecule has 2 aliphatic rings. The van der Waals surface area contributed by atoms with E-state index in [9.17, 15) is 9.59 Å². The number of anilines is 1. The third-order valence-electron chi connectivity index (χ3n) is 6.21. The van der Waals surface area contributed by atoms with E-state index in [4.69, 9.17) is 0 Å². The highest BCUT2D eigenvalue weighted by Gasteiger charge is 2.24. The molecule has 30 heavy (non-hydrogen) atoms. The molecule has 0 atom stereocenters. The molecule has 0 bridgehead atoms. The average molecular weight is 416 g/mol. The average Bonchev–Trinajstić information content (AvgIpc) is 2.80. The van der Waals surface area contributed by atoms with Crippen LogP contribution in [-0.2, 0) is 4.79 Å². The summed E-state index contributed by atoms with van der Waals surface area (Å²) in [5, 5.41) is 2.96. The maximum absolute atomic E-state index is 12.6. The number of hydrogen-bond donors (Lipinski definition) is 1. The fourth-order valence-electron chi connectivity index (χ4n) is 4.07. The minimum absolute atomic E-state index is 0.00176. The van der Waals surface area contributed by atoms with Crippen molar-refractivity contribution >= 4 is 17.5 Å². The highest BCUT2D eigenvalue weighted by Crippen LogP contribution is 2.17. The number of nitrogens with one attached hydrogen (secondary N) is 1. The van der Waals surface area contributed by atoms with E-state index in [0.29, 0.717) is 12.1 Å². The van der Waals surface area contributed by atoms with E-state index in [1.54, 1.807) is 0 Å². The lowest BCUT2D eigenvalue weighted by atomic mass is 10.1. The molecule has 0 aliphatic carbocycles. The molecule has 166 valence electrons. The fraction of sp³-hybridized carbons (Fsp3) is 0.652. The van der Waals surface area contributed by atoms with Gasteiger partial charge in [-0.25, -0.2) is 0 Å². The number of piperazine rings is 2. The Morgan fingerprint density at radius 1 is 0.867 bits per heavy atom. The van der Waals surface area contributed by atoms with E-state index in [1.165, 1.54) is 0 Å². The quantitative estimate of drug-likeness (QED) is 0.652. The van der Waals surface area contributed by atoms with Crippen molar-refractivity contribution in [1.29, 1.82) is 0 Å². The van der Waals surface area contributed by atoms with Crippen molar-refractivity contribution in [3.8, 4) is 0 Å². The van der Waals surface area contributed by atoms with Crippen LogP contribution in [0.15, 0.2) is 24.3 Å². The van der Waals surface area contributed by atoms with E-state index in [0.717, 1.165) is 84.0 Å². The second-order valence-corrected chi connectivity index (χ2v) is 8.23. The van der Waals surface area contributed by atoms with Crippen molar-refractivity contribution in [2.45, 2.75) is 26.7 Å². The van der Waals surface area contributed by atoms with Crippen molar-refractivity contribution in [3.63, 3.8) is 0 Å². The molecule has 0 spiro atoms. The summed E-state index contributed by atoms with van der Waals surface area (Å²) in [7, 11) is 0. The summed E-state index contributed by atoms with van der Waals surface area (Å²) in [4.78, 5) is 33.8. The van der Waals surface area contributed by atoms with Gasteiger partial charge in [0.1, 0.15) is 0 Å². The van der Waals surface area contributed by atoms with Gasteiger partial charge in [-0.1, -0.05) is 20.3 Å². The first-order valence-electron chi connectivity index (χ1n) is 11.5. The van der Waals surface area contributed by atoms with Gasteiger partial charge in [-0.05, 0) is 37.2 Å².